The van der Waals surface area contributed by atoms with Gasteiger partial charge in [0.15, 0.2) is 16.7 Å². The number of thioether (sulfide) groups is 2. The SMILES string of the molecule is CCCCSc1nc(C)cc(SC(=O)NN=Cc2cccc(OC)c2O)n1. The van der Waals surface area contributed by atoms with Gasteiger partial charge in [0, 0.05) is 17.0 Å². The molecule has 7 nitrogen and oxygen atoms in total. The van der Waals surface area contributed by atoms with Crippen LogP contribution in [0, 0.1) is 6.92 Å². The quantitative estimate of drug-likeness (QED) is 0.169. The summed E-state index contributed by atoms with van der Waals surface area (Å²) in [6.07, 6.45) is 3.56. The van der Waals surface area contributed by atoms with Gasteiger partial charge in [-0.25, -0.2) is 15.4 Å². The first-order valence-electron chi connectivity index (χ1n) is 8.38. The van der Waals surface area contributed by atoms with Crippen LogP contribution in [0.4, 0.5) is 4.79 Å². The van der Waals surface area contributed by atoms with Gasteiger partial charge in [-0.15, -0.1) is 0 Å². The standard InChI is InChI=1S/C18H22N4O3S2/c1-4-5-9-26-17-20-12(2)10-15(21-17)27-18(24)22-19-11-13-7-6-8-14(25-3)16(13)23/h6-8,10-11,23H,4-5,9H2,1-3H3,(H,22,24). The molecule has 0 aliphatic heterocycles. The number of hydrogen-bond donors (Lipinski definition) is 2. The van der Waals surface area contributed by atoms with Crippen molar-refractivity contribution >= 4 is 35.0 Å². The number of aromatic nitrogens is 2. The number of para-hydroxylation sites is 1. The lowest BCUT2D eigenvalue weighted by Crippen LogP contribution is -2.11. The minimum atomic E-state index is -0.378. The van der Waals surface area contributed by atoms with Crippen LogP contribution in [-0.4, -0.2) is 39.4 Å². The molecular formula is C18H22N4O3S2. The summed E-state index contributed by atoms with van der Waals surface area (Å²) in [5.74, 6) is 1.25. The van der Waals surface area contributed by atoms with Crippen LogP contribution in [0.15, 0.2) is 39.5 Å². The van der Waals surface area contributed by atoms with Crippen molar-refractivity contribution < 1.29 is 14.6 Å². The van der Waals surface area contributed by atoms with E-state index in [-0.39, 0.29) is 11.0 Å². The number of aryl methyl sites for hydroxylation is 1. The molecule has 0 fully saturated rings. The van der Waals surface area contributed by atoms with E-state index in [0.717, 1.165) is 36.1 Å². The normalized spacial score (nSPS) is 10.9. The topological polar surface area (TPSA) is 96.7 Å². The maximum atomic E-state index is 12.1. The number of rotatable bonds is 8. The summed E-state index contributed by atoms with van der Waals surface area (Å²) in [6, 6.07) is 6.77. The zero-order valence-corrected chi connectivity index (χ0v) is 17.1. The van der Waals surface area contributed by atoms with Crippen molar-refractivity contribution in [2.75, 3.05) is 12.9 Å². The molecule has 27 heavy (non-hydrogen) atoms. The number of hydrazone groups is 1. The smallest absolute Gasteiger partial charge is 0.305 e. The third-order valence-corrected chi connectivity index (χ3v) is 4.97. The monoisotopic (exact) mass is 406 g/mol. The van der Waals surface area contributed by atoms with E-state index in [0.29, 0.717) is 21.5 Å². The van der Waals surface area contributed by atoms with E-state index in [1.54, 1.807) is 36.0 Å². The molecule has 1 amide bonds. The Morgan fingerprint density at radius 1 is 1.41 bits per heavy atom. The lowest BCUT2D eigenvalue weighted by atomic mass is 10.2. The number of ether oxygens (including phenoxy) is 1. The summed E-state index contributed by atoms with van der Waals surface area (Å²) in [7, 11) is 1.47. The van der Waals surface area contributed by atoms with Crippen LogP contribution < -0.4 is 10.2 Å². The number of nitrogens with zero attached hydrogens (tertiary/aromatic N) is 3. The number of aromatic hydroxyl groups is 1. The average molecular weight is 407 g/mol. The lowest BCUT2D eigenvalue weighted by Gasteiger charge is -2.05. The van der Waals surface area contributed by atoms with Gasteiger partial charge in [0.1, 0.15) is 5.03 Å². The van der Waals surface area contributed by atoms with Gasteiger partial charge in [-0.1, -0.05) is 31.2 Å². The van der Waals surface area contributed by atoms with E-state index in [1.807, 2.05) is 6.92 Å². The highest BCUT2D eigenvalue weighted by Crippen LogP contribution is 2.28. The third kappa shape index (κ3) is 6.76. The molecule has 1 aromatic carbocycles. The second kappa shape index (κ2) is 10.8. The Morgan fingerprint density at radius 2 is 2.22 bits per heavy atom. The van der Waals surface area contributed by atoms with Gasteiger partial charge >= 0.3 is 5.24 Å². The number of phenols is 1. The molecule has 0 aliphatic rings. The lowest BCUT2D eigenvalue weighted by molar-refractivity contribution is 0.261. The fourth-order valence-electron chi connectivity index (χ4n) is 2.02. The van der Waals surface area contributed by atoms with Crippen molar-refractivity contribution in [3.05, 3.63) is 35.5 Å². The molecule has 1 heterocycles. The van der Waals surface area contributed by atoms with E-state index in [2.05, 4.69) is 27.4 Å². The summed E-state index contributed by atoms with van der Waals surface area (Å²) in [5.41, 5.74) is 3.66. The van der Waals surface area contributed by atoms with Crippen LogP contribution >= 0.6 is 23.5 Å². The van der Waals surface area contributed by atoms with Crippen molar-refractivity contribution in [3.63, 3.8) is 0 Å². The summed E-state index contributed by atoms with van der Waals surface area (Å²) in [6.45, 7) is 4.01. The predicted molar refractivity (Wildman–Crippen MR) is 109 cm³/mol. The molecule has 0 radical (unpaired) electrons. The summed E-state index contributed by atoms with van der Waals surface area (Å²) < 4.78 is 5.03. The molecule has 0 saturated carbocycles. The molecule has 0 atom stereocenters. The van der Waals surface area contributed by atoms with E-state index < -0.39 is 0 Å². The predicted octanol–water partition coefficient (Wildman–Crippen LogP) is 4.23. The van der Waals surface area contributed by atoms with Crippen molar-refractivity contribution in [3.8, 4) is 11.5 Å². The fraction of sp³-hybridized carbons (Fsp3) is 0.333. The van der Waals surface area contributed by atoms with Crippen molar-refractivity contribution in [1.29, 1.82) is 0 Å². The first kappa shape index (κ1) is 21.0. The molecule has 144 valence electrons. The summed E-state index contributed by atoms with van der Waals surface area (Å²) in [5, 5.41) is 14.7. The molecule has 0 spiro atoms. The van der Waals surface area contributed by atoms with Gasteiger partial charge in [0.2, 0.25) is 0 Å². The van der Waals surface area contributed by atoms with Crippen LogP contribution in [0.2, 0.25) is 0 Å². The van der Waals surface area contributed by atoms with Crippen LogP contribution in [0.5, 0.6) is 11.5 Å². The van der Waals surface area contributed by atoms with Gasteiger partial charge in [-0.2, -0.15) is 5.10 Å². The molecule has 9 heteroatoms. The highest BCUT2D eigenvalue weighted by molar-refractivity contribution is 8.13. The minimum absolute atomic E-state index is 0.0363. The Labute approximate surface area is 167 Å². The number of carbonyl (C=O) groups excluding carboxylic acids is 1. The van der Waals surface area contributed by atoms with Gasteiger partial charge < -0.3 is 9.84 Å². The summed E-state index contributed by atoms with van der Waals surface area (Å²) in [4.78, 5) is 20.8. The Morgan fingerprint density at radius 3 is 2.96 bits per heavy atom. The van der Waals surface area contributed by atoms with Gasteiger partial charge in [-0.05, 0) is 43.3 Å². The van der Waals surface area contributed by atoms with E-state index in [4.69, 9.17) is 4.74 Å². The van der Waals surface area contributed by atoms with E-state index in [1.165, 1.54) is 13.3 Å². The third-order valence-electron chi connectivity index (χ3n) is 3.35. The molecule has 0 unspecified atom stereocenters. The number of benzene rings is 1. The summed E-state index contributed by atoms with van der Waals surface area (Å²) >= 11 is 2.53. The minimum Gasteiger partial charge on any atom is -0.504 e. The molecular weight excluding hydrogens is 384 g/mol. The average Bonchev–Trinajstić information content (AvgIpc) is 2.63. The van der Waals surface area contributed by atoms with Crippen LogP contribution in [0.1, 0.15) is 31.0 Å². The molecule has 2 N–H and O–H groups in total. The number of phenolic OH excluding ortho intramolecular Hbond substituents is 1. The molecule has 2 rings (SSSR count). The second-order valence-electron chi connectivity index (χ2n) is 5.49. The number of nitrogens with one attached hydrogen (secondary N) is 1. The molecule has 0 bridgehead atoms. The highest BCUT2D eigenvalue weighted by Gasteiger charge is 2.09. The zero-order valence-electron chi connectivity index (χ0n) is 15.4. The van der Waals surface area contributed by atoms with Crippen molar-refractivity contribution in [2.45, 2.75) is 36.9 Å². The largest absolute Gasteiger partial charge is 0.504 e. The zero-order chi connectivity index (χ0) is 19.6. The van der Waals surface area contributed by atoms with Gasteiger partial charge in [0.05, 0.1) is 13.3 Å². The Hall–Kier alpha value is -2.26. The first-order valence-corrected chi connectivity index (χ1v) is 10.2. The Bertz CT molecular complexity index is 815. The highest BCUT2D eigenvalue weighted by atomic mass is 32.2. The Balaban J connectivity index is 1.95. The maximum absolute atomic E-state index is 12.1. The second-order valence-corrected chi connectivity index (χ2v) is 7.55. The van der Waals surface area contributed by atoms with Crippen molar-refractivity contribution in [2.24, 2.45) is 5.10 Å². The van der Waals surface area contributed by atoms with Crippen LogP contribution in [0.3, 0.4) is 0 Å². The number of unbranched alkanes of at least 4 members (excludes halogenated alkanes) is 1. The number of methoxy groups -OCH3 is 1. The molecule has 1 aromatic heterocycles. The van der Waals surface area contributed by atoms with E-state index in [9.17, 15) is 9.90 Å². The van der Waals surface area contributed by atoms with Gasteiger partial charge in [-0.3, -0.25) is 4.79 Å². The van der Waals surface area contributed by atoms with Gasteiger partial charge in [0.25, 0.3) is 0 Å². The van der Waals surface area contributed by atoms with E-state index >= 15 is 0 Å². The van der Waals surface area contributed by atoms with Crippen molar-refractivity contribution in [1.82, 2.24) is 15.4 Å². The first-order chi connectivity index (χ1) is 13.0. The van der Waals surface area contributed by atoms with Crippen LogP contribution in [0.25, 0.3) is 0 Å². The molecule has 2 aromatic rings. The number of carbonyl (C=O) groups is 1. The molecule has 0 aliphatic carbocycles. The molecule has 0 saturated heterocycles. The maximum Gasteiger partial charge on any atom is 0.305 e. The van der Waals surface area contributed by atoms with Crippen LogP contribution in [-0.2, 0) is 0 Å². The number of amides is 1. The number of hydrogen-bond acceptors (Lipinski definition) is 8. The Kier molecular flexibility index (Phi) is 8.41. The fourth-order valence-corrected chi connectivity index (χ4v) is 3.71.